The molecule has 1 aromatic rings. The van der Waals surface area contributed by atoms with E-state index in [1.807, 2.05) is 12.1 Å². The minimum Gasteiger partial charge on any atom is -0.270 e. The van der Waals surface area contributed by atoms with E-state index in [9.17, 15) is 0 Å². The zero-order valence-corrected chi connectivity index (χ0v) is 10.6. The average Bonchev–Trinajstić information content (AvgIpc) is 2.68. The first-order valence-corrected chi connectivity index (χ1v) is 6.13. The van der Waals surface area contributed by atoms with Crippen LogP contribution in [0.4, 0.5) is 5.69 Å². The summed E-state index contributed by atoms with van der Waals surface area (Å²) in [6.07, 6.45) is 1.25. The van der Waals surface area contributed by atoms with Crippen LogP contribution in [-0.4, -0.2) is 12.1 Å². The van der Waals surface area contributed by atoms with Gasteiger partial charge in [0.2, 0.25) is 0 Å². The number of hydroxylamine groups is 1. The monoisotopic (exact) mass is 237 g/mol. The zero-order valence-electron chi connectivity index (χ0n) is 9.83. The Morgan fingerprint density at radius 1 is 1.44 bits per heavy atom. The van der Waals surface area contributed by atoms with Gasteiger partial charge in [0.15, 0.2) is 0 Å². The molecule has 0 bridgehead atoms. The van der Waals surface area contributed by atoms with Crippen LogP contribution in [-0.2, 0) is 11.3 Å². The van der Waals surface area contributed by atoms with Crippen molar-refractivity contribution in [3.8, 4) is 0 Å². The van der Waals surface area contributed by atoms with Gasteiger partial charge in [-0.05, 0) is 31.0 Å². The number of halogens is 1. The van der Waals surface area contributed by atoms with Gasteiger partial charge < -0.3 is 0 Å². The highest BCUT2D eigenvalue weighted by Gasteiger charge is 2.51. The van der Waals surface area contributed by atoms with E-state index in [0.29, 0.717) is 6.04 Å². The van der Waals surface area contributed by atoms with Crippen LogP contribution >= 0.6 is 11.6 Å². The molecule has 0 N–H and O–H groups in total. The van der Waals surface area contributed by atoms with E-state index in [0.717, 1.165) is 17.1 Å². The van der Waals surface area contributed by atoms with Crippen molar-refractivity contribution in [2.24, 2.45) is 5.41 Å². The highest BCUT2D eigenvalue weighted by Crippen LogP contribution is 2.49. The molecule has 3 heteroatoms. The molecule has 1 saturated heterocycles. The molecule has 86 valence electrons. The molecule has 2 heterocycles. The smallest absolute Gasteiger partial charge is 0.0900 e. The first-order valence-electron chi connectivity index (χ1n) is 5.75. The Morgan fingerprint density at radius 2 is 2.19 bits per heavy atom. The molecule has 1 fully saturated rings. The number of anilines is 1. The molecule has 2 aliphatic heterocycles. The topological polar surface area (TPSA) is 12.5 Å². The van der Waals surface area contributed by atoms with E-state index in [4.69, 9.17) is 16.4 Å². The van der Waals surface area contributed by atoms with Gasteiger partial charge in [0.05, 0.1) is 17.8 Å². The summed E-state index contributed by atoms with van der Waals surface area (Å²) in [5.41, 5.74) is 2.55. The lowest BCUT2D eigenvalue weighted by molar-refractivity contribution is 0.0627. The third-order valence-electron chi connectivity index (χ3n) is 4.19. The van der Waals surface area contributed by atoms with Crippen molar-refractivity contribution in [2.45, 2.75) is 39.3 Å². The predicted octanol–water partition coefficient (Wildman–Crippen LogP) is 3.43. The van der Waals surface area contributed by atoms with Gasteiger partial charge in [0, 0.05) is 10.4 Å². The highest BCUT2D eigenvalue weighted by atomic mass is 35.5. The van der Waals surface area contributed by atoms with Crippen molar-refractivity contribution in [2.75, 3.05) is 5.06 Å². The molecule has 16 heavy (non-hydrogen) atoms. The van der Waals surface area contributed by atoms with E-state index in [-0.39, 0.29) is 11.5 Å². The summed E-state index contributed by atoms with van der Waals surface area (Å²) in [5.74, 6) is 0. The number of rotatable bonds is 0. The fraction of sp³-hybridized carbons (Fsp3) is 0.538. The van der Waals surface area contributed by atoms with Crippen LogP contribution < -0.4 is 5.06 Å². The third kappa shape index (κ3) is 1.17. The van der Waals surface area contributed by atoms with Crippen LogP contribution in [0.5, 0.6) is 0 Å². The van der Waals surface area contributed by atoms with Gasteiger partial charge in [-0.2, -0.15) is 0 Å². The van der Waals surface area contributed by atoms with Crippen LogP contribution in [0.25, 0.3) is 0 Å². The summed E-state index contributed by atoms with van der Waals surface area (Å²) in [5, 5.41) is 2.92. The van der Waals surface area contributed by atoms with Gasteiger partial charge in [-0.3, -0.25) is 4.84 Å². The number of benzene rings is 1. The lowest BCUT2D eigenvalue weighted by Crippen LogP contribution is -2.35. The van der Waals surface area contributed by atoms with Crippen LogP contribution in [0, 0.1) is 5.41 Å². The minimum atomic E-state index is 0.169. The molecule has 2 nitrogen and oxygen atoms in total. The predicted molar refractivity (Wildman–Crippen MR) is 65.8 cm³/mol. The molecule has 1 aromatic carbocycles. The van der Waals surface area contributed by atoms with Gasteiger partial charge in [0.1, 0.15) is 0 Å². The van der Waals surface area contributed by atoms with E-state index in [2.05, 4.69) is 31.9 Å². The second kappa shape index (κ2) is 3.14. The highest BCUT2D eigenvalue weighted by molar-refractivity contribution is 6.31. The van der Waals surface area contributed by atoms with Crippen molar-refractivity contribution in [1.29, 1.82) is 0 Å². The number of hydrogen-bond acceptors (Lipinski definition) is 2. The molecule has 0 aromatic heterocycles. The molecular formula is C13H16ClNO. The summed E-state index contributed by atoms with van der Waals surface area (Å²) in [4.78, 5) is 5.96. The summed E-state index contributed by atoms with van der Waals surface area (Å²) in [6.45, 7) is 6.67. The maximum absolute atomic E-state index is 6.23. The van der Waals surface area contributed by atoms with Crippen LogP contribution in [0.15, 0.2) is 18.2 Å². The number of nitrogens with zero attached hydrogens (tertiary/aromatic N) is 1. The molecule has 0 amide bonds. The molecular weight excluding hydrogens is 222 g/mol. The van der Waals surface area contributed by atoms with E-state index < -0.39 is 0 Å². The quantitative estimate of drug-likeness (QED) is 0.686. The minimum absolute atomic E-state index is 0.169. The Bertz CT molecular complexity index is 444. The van der Waals surface area contributed by atoms with E-state index >= 15 is 0 Å². The Balaban J connectivity index is 2.08. The fourth-order valence-corrected chi connectivity index (χ4v) is 2.92. The first kappa shape index (κ1) is 10.4. The molecule has 0 aliphatic carbocycles. The molecule has 2 aliphatic rings. The lowest BCUT2D eigenvalue weighted by atomic mass is 9.79. The number of hydrogen-bond donors (Lipinski definition) is 0. The summed E-state index contributed by atoms with van der Waals surface area (Å²) in [7, 11) is 0. The van der Waals surface area contributed by atoms with Crippen molar-refractivity contribution < 1.29 is 4.84 Å². The molecule has 2 atom stereocenters. The van der Waals surface area contributed by atoms with Gasteiger partial charge in [-0.15, -0.1) is 0 Å². The van der Waals surface area contributed by atoms with Crippen LogP contribution in [0.3, 0.4) is 0 Å². The lowest BCUT2D eigenvalue weighted by Gasteiger charge is -2.26. The van der Waals surface area contributed by atoms with Gasteiger partial charge in [-0.1, -0.05) is 31.5 Å². The average molecular weight is 238 g/mol. The second-order valence-electron chi connectivity index (χ2n) is 5.35. The zero-order chi connectivity index (χ0) is 11.5. The Morgan fingerprint density at radius 3 is 2.94 bits per heavy atom. The normalized spacial score (nSPS) is 30.4. The summed E-state index contributed by atoms with van der Waals surface area (Å²) in [6, 6.07) is 6.45. The molecule has 0 radical (unpaired) electrons. The van der Waals surface area contributed by atoms with Gasteiger partial charge in [-0.25, -0.2) is 5.06 Å². The molecule has 0 spiro atoms. The maximum Gasteiger partial charge on any atom is 0.0900 e. The van der Waals surface area contributed by atoms with Gasteiger partial charge >= 0.3 is 0 Å². The van der Waals surface area contributed by atoms with Gasteiger partial charge in [0.25, 0.3) is 0 Å². The summed E-state index contributed by atoms with van der Waals surface area (Å²) >= 11 is 6.23. The SMILES string of the molecule is CC1ON2c3cccc(Cl)c3CC2C1(C)C. The Labute approximate surface area is 101 Å². The van der Waals surface area contributed by atoms with Crippen molar-refractivity contribution in [1.82, 2.24) is 0 Å². The molecule has 2 unspecified atom stereocenters. The van der Waals surface area contributed by atoms with Crippen molar-refractivity contribution >= 4 is 17.3 Å². The van der Waals surface area contributed by atoms with Crippen LogP contribution in [0.2, 0.25) is 5.02 Å². The Kier molecular flexibility index (Phi) is 2.05. The standard InChI is InChI=1S/C13H16ClNO/c1-8-13(2,3)12-7-9-10(14)5-4-6-11(9)15(12)16-8/h4-6,8,12H,7H2,1-3H3. The second-order valence-corrected chi connectivity index (χ2v) is 5.76. The number of fused-ring (bicyclic) bond motifs is 3. The third-order valence-corrected chi connectivity index (χ3v) is 4.54. The van der Waals surface area contributed by atoms with Crippen molar-refractivity contribution in [3.05, 3.63) is 28.8 Å². The van der Waals surface area contributed by atoms with Crippen molar-refractivity contribution in [3.63, 3.8) is 0 Å². The maximum atomic E-state index is 6.23. The van der Waals surface area contributed by atoms with Crippen LogP contribution in [0.1, 0.15) is 26.3 Å². The molecule has 3 rings (SSSR count). The summed E-state index contributed by atoms with van der Waals surface area (Å²) < 4.78 is 0. The molecule has 0 saturated carbocycles. The fourth-order valence-electron chi connectivity index (χ4n) is 2.67. The van der Waals surface area contributed by atoms with E-state index in [1.165, 1.54) is 5.56 Å². The first-order chi connectivity index (χ1) is 7.51. The Hall–Kier alpha value is -0.730. The largest absolute Gasteiger partial charge is 0.270 e. The van der Waals surface area contributed by atoms with E-state index in [1.54, 1.807) is 0 Å².